The zero-order valence-corrected chi connectivity index (χ0v) is 18.0. The number of rotatable bonds is 6. The first-order valence-corrected chi connectivity index (χ1v) is 9.96. The van der Waals surface area contributed by atoms with Crippen molar-refractivity contribution >= 4 is 40.3 Å². The number of benzene rings is 2. The normalized spacial score (nSPS) is 10.7. The molecule has 1 aromatic heterocycles. The van der Waals surface area contributed by atoms with E-state index < -0.39 is 0 Å². The number of halogens is 2. The predicted molar refractivity (Wildman–Crippen MR) is 120 cm³/mol. The van der Waals surface area contributed by atoms with E-state index in [1.165, 1.54) is 6.07 Å². The van der Waals surface area contributed by atoms with E-state index in [-0.39, 0.29) is 12.4 Å². The molecule has 8 heteroatoms. The molecule has 2 N–H and O–H groups in total. The molecule has 0 spiro atoms. The van der Waals surface area contributed by atoms with Crippen LogP contribution in [0.1, 0.15) is 23.9 Å². The minimum Gasteiger partial charge on any atom is -0.492 e. The van der Waals surface area contributed by atoms with Crippen LogP contribution in [0.4, 0.5) is 15.8 Å². The molecule has 0 fully saturated rings. The molecule has 0 saturated heterocycles. The summed E-state index contributed by atoms with van der Waals surface area (Å²) < 4.78 is 21.5. The molecule has 3 rings (SSSR count). The summed E-state index contributed by atoms with van der Waals surface area (Å²) in [6.07, 6.45) is 0. The van der Waals surface area contributed by atoms with E-state index in [0.29, 0.717) is 22.3 Å². The van der Waals surface area contributed by atoms with Gasteiger partial charge in [-0.2, -0.15) is 5.10 Å². The topological polar surface area (TPSA) is 51.1 Å². The van der Waals surface area contributed by atoms with Crippen LogP contribution in [0.2, 0.25) is 5.02 Å². The van der Waals surface area contributed by atoms with Gasteiger partial charge in [0.15, 0.2) is 5.11 Å². The van der Waals surface area contributed by atoms with Crippen LogP contribution in [0.5, 0.6) is 5.75 Å². The zero-order chi connectivity index (χ0) is 21.0. The van der Waals surface area contributed by atoms with Gasteiger partial charge in [-0.05, 0) is 57.3 Å². The van der Waals surface area contributed by atoms with Gasteiger partial charge in [0, 0.05) is 10.6 Å². The van der Waals surface area contributed by atoms with E-state index >= 15 is 0 Å². The van der Waals surface area contributed by atoms with Crippen LogP contribution in [0.25, 0.3) is 0 Å². The lowest BCUT2D eigenvalue weighted by Crippen LogP contribution is -2.20. The van der Waals surface area contributed by atoms with Gasteiger partial charge in [0.1, 0.15) is 11.6 Å². The van der Waals surface area contributed by atoms with Crippen molar-refractivity contribution in [2.24, 2.45) is 0 Å². The number of ether oxygens (including phenoxy) is 1. The molecular formula is C21H22ClFN4OS. The first-order valence-electron chi connectivity index (χ1n) is 9.17. The summed E-state index contributed by atoms with van der Waals surface area (Å²) in [6.45, 7) is 6.48. The Labute approximate surface area is 179 Å². The molecule has 29 heavy (non-hydrogen) atoms. The molecule has 152 valence electrons. The summed E-state index contributed by atoms with van der Waals surface area (Å²) in [5.41, 5.74) is 3.51. The average molecular weight is 433 g/mol. The highest BCUT2D eigenvalue weighted by atomic mass is 35.5. The van der Waals surface area contributed by atoms with E-state index in [1.54, 1.807) is 16.8 Å². The Bertz CT molecular complexity index is 1020. The third-order valence-electron chi connectivity index (χ3n) is 4.42. The lowest BCUT2D eigenvalue weighted by molar-refractivity contribution is 0.342. The molecule has 0 aliphatic carbocycles. The third-order valence-corrected chi connectivity index (χ3v) is 4.98. The minimum absolute atomic E-state index is 0.229. The van der Waals surface area contributed by atoms with E-state index in [2.05, 4.69) is 15.7 Å². The first-order chi connectivity index (χ1) is 13.9. The minimum atomic E-state index is -0.357. The van der Waals surface area contributed by atoms with Gasteiger partial charge in [0.2, 0.25) is 0 Å². The Morgan fingerprint density at radius 3 is 2.66 bits per heavy atom. The Kier molecular flexibility index (Phi) is 6.71. The summed E-state index contributed by atoms with van der Waals surface area (Å²) in [4.78, 5) is 0. The SMILES string of the molecule is CCOc1ccccc1NC(=S)Nc1c(C)nn(Cc2c(F)cccc2Cl)c1C. The highest BCUT2D eigenvalue weighted by molar-refractivity contribution is 7.80. The Hall–Kier alpha value is -2.64. The highest BCUT2D eigenvalue weighted by Crippen LogP contribution is 2.26. The van der Waals surface area contributed by atoms with E-state index in [0.717, 1.165) is 28.5 Å². The van der Waals surface area contributed by atoms with Gasteiger partial charge in [0.05, 0.1) is 35.9 Å². The van der Waals surface area contributed by atoms with Gasteiger partial charge < -0.3 is 15.4 Å². The first kappa shape index (κ1) is 21.1. The van der Waals surface area contributed by atoms with Crippen LogP contribution in [0, 0.1) is 19.7 Å². The van der Waals surface area contributed by atoms with Crippen molar-refractivity contribution in [2.45, 2.75) is 27.3 Å². The van der Waals surface area contributed by atoms with Gasteiger partial charge in [0.25, 0.3) is 0 Å². The summed E-state index contributed by atoms with van der Waals surface area (Å²) in [6, 6.07) is 12.2. The Morgan fingerprint density at radius 1 is 1.17 bits per heavy atom. The average Bonchev–Trinajstić information content (AvgIpc) is 2.94. The number of para-hydroxylation sites is 2. The molecule has 1 heterocycles. The third kappa shape index (κ3) is 4.86. The summed E-state index contributed by atoms with van der Waals surface area (Å²) in [7, 11) is 0. The molecule has 0 radical (unpaired) electrons. The fourth-order valence-corrected chi connectivity index (χ4v) is 3.42. The van der Waals surface area contributed by atoms with Crippen molar-refractivity contribution in [3.05, 3.63) is 70.3 Å². The van der Waals surface area contributed by atoms with Crippen molar-refractivity contribution in [1.29, 1.82) is 0 Å². The fourth-order valence-electron chi connectivity index (χ4n) is 2.98. The zero-order valence-electron chi connectivity index (χ0n) is 16.4. The number of nitrogens with zero attached hydrogens (tertiary/aromatic N) is 2. The molecule has 0 aliphatic heterocycles. The number of hydrogen-bond acceptors (Lipinski definition) is 3. The van der Waals surface area contributed by atoms with Crippen molar-refractivity contribution in [3.63, 3.8) is 0 Å². The lowest BCUT2D eigenvalue weighted by atomic mass is 10.2. The number of hydrogen-bond donors (Lipinski definition) is 2. The monoisotopic (exact) mass is 432 g/mol. The van der Waals surface area contributed by atoms with Crippen LogP contribution in [0.3, 0.4) is 0 Å². The van der Waals surface area contributed by atoms with Crippen molar-refractivity contribution in [1.82, 2.24) is 9.78 Å². The molecule has 0 unspecified atom stereocenters. The van der Waals surface area contributed by atoms with Crippen LogP contribution in [-0.2, 0) is 6.54 Å². The number of anilines is 2. The molecule has 2 aromatic carbocycles. The molecule has 0 aliphatic rings. The van der Waals surface area contributed by atoms with Gasteiger partial charge in [-0.1, -0.05) is 29.8 Å². The second-order valence-corrected chi connectivity index (χ2v) is 7.23. The predicted octanol–water partition coefficient (Wildman–Crippen LogP) is 5.55. The van der Waals surface area contributed by atoms with Crippen LogP contribution >= 0.6 is 23.8 Å². The molecule has 0 amide bonds. The standard InChI is InChI=1S/C21H22ClFN4OS/c1-4-28-19-11-6-5-10-18(19)24-21(29)25-20-13(2)26-27(14(20)3)12-15-16(22)8-7-9-17(15)23/h5-11H,4,12H2,1-3H3,(H2,24,25,29). The molecule has 5 nitrogen and oxygen atoms in total. The van der Waals surface area contributed by atoms with Crippen molar-refractivity contribution in [3.8, 4) is 5.75 Å². The quantitative estimate of drug-likeness (QED) is 0.500. The fraction of sp³-hybridized carbons (Fsp3) is 0.238. The van der Waals surface area contributed by atoms with Crippen molar-refractivity contribution in [2.75, 3.05) is 17.2 Å². The largest absolute Gasteiger partial charge is 0.492 e. The van der Waals surface area contributed by atoms with Crippen LogP contribution in [0.15, 0.2) is 42.5 Å². The van der Waals surface area contributed by atoms with Gasteiger partial charge >= 0.3 is 0 Å². The molecular weight excluding hydrogens is 411 g/mol. The van der Waals surface area contributed by atoms with E-state index in [1.807, 2.05) is 45.0 Å². The highest BCUT2D eigenvalue weighted by Gasteiger charge is 2.16. The smallest absolute Gasteiger partial charge is 0.175 e. The summed E-state index contributed by atoms with van der Waals surface area (Å²) in [5, 5.41) is 11.6. The molecule has 0 saturated carbocycles. The number of nitrogens with one attached hydrogen (secondary N) is 2. The van der Waals surface area contributed by atoms with Gasteiger partial charge in [-0.3, -0.25) is 4.68 Å². The number of thiocarbonyl (C=S) groups is 1. The maximum absolute atomic E-state index is 14.1. The van der Waals surface area contributed by atoms with E-state index in [9.17, 15) is 4.39 Å². The Morgan fingerprint density at radius 2 is 1.93 bits per heavy atom. The van der Waals surface area contributed by atoms with Gasteiger partial charge in [-0.15, -0.1) is 0 Å². The second-order valence-electron chi connectivity index (χ2n) is 6.41. The maximum Gasteiger partial charge on any atom is 0.175 e. The number of aromatic nitrogens is 2. The molecule has 0 atom stereocenters. The molecule has 3 aromatic rings. The Balaban J connectivity index is 1.78. The lowest BCUT2D eigenvalue weighted by Gasteiger charge is -2.14. The van der Waals surface area contributed by atoms with E-state index in [4.69, 9.17) is 28.6 Å². The van der Waals surface area contributed by atoms with Crippen LogP contribution in [-0.4, -0.2) is 21.5 Å². The number of aryl methyl sites for hydroxylation is 1. The van der Waals surface area contributed by atoms with Gasteiger partial charge in [-0.25, -0.2) is 4.39 Å². The second kappa shape index (κ2) is 9.24. The summed E-state index contributed by atoms with van der Waals surface area (Å²) >= 11 is 11.6. The maximum atomic E-state index is 14.1. The van der Waals surface area contributed by atoms with Crippen LogP contribution < -0.4 is 15.4 Å². The summed E-state index contributed by atoms with van der Waals surface area (Å²) in [5.74, 6) is 0.363. The van der Waals surface area contributed by atoms with Crippen molar-refractivity contribution < 1.29 is 9.13 Å². The molecule has 0 bridgehead atoms.